The van der Waals surface area contributed by atoms with Crippen LogP contribution in [0, 0.1) is 20.8 Å². The molecule has 0 saturated heterocycles. The van der Waals surface area contributed by atoms with Gasteiger partial charge in [-0.1, -0.05) is 32.0 Å². The summed E-state index contributed by atoms with van der Waals surface area (Å²) in [5.74, 6) is 1.56. The van der Waals surface area contributed by atoms with E-state index in [-0.39, 0.29) is 0 Å². The van der Waals surface area contributed by atoms with E-state index >= 15 is 0 Å². The van der Waals surface area contributed by atoms with Gasteiger partial charge in [-0.3, -0.25) is 0 Å². The predicted octanol–water partition coefficient (Wildman–Crippen LogP) is 4.30. The normalized spacial score (nSPS) is 11.0. The van der Waals surface area contributed by atoms with E-state index in [1.165, 1.54) is 11.1 Å². The second-order valence-corrected chi connectivity index (χ2v) is 5.76. The van der Waals surface area contributed by atoms with Crippen LogP contribution in [-0.4, -0.2) is 11.0 Å². The van der Waals surface area contributed by atoms with E-state index in [1.54, 1.807) is 0 Å². The van der Waals surface area contributed by atoms with Crippen LogP contribution >= 0.6 is 0 Å². The number of ether oxygens (including phenoxy) is 1. The molecule has 0 fully saturated rings. The molecule has 112 valence electrons. The molecule has 1 N–H and O–H groups in total. The van der Waals surface area contributed by atoms with E-state index in [2.05, 4.69) is 57.1 Å². The molecule has 0 aliphatic heterocycles. The third kappa shape index (κ3) is 4.05. The number of aromatic nitrogens is 1. The number of aryl methyl sites for hydroxylation is 2. The molecule has 0 radical (unpaired) electrons. The van der Waals surface area contributed by atoms with Gasteiger partial charge in [-0.05, 0) is 43.5 Å². The number of pyridine rings is 1. The fourth-order valence-corrected chi connectivity index (χ4v) is 2.11. The van der Waals surface area contributed by atoms with Crippen molar-refractivity contribution >= 4 is 0 Å². The first-order chi connectivity index (χ1) is 9.97. The lowest BCUT2D eigenvalue weighted by molar-refractivity contribution is 0.451. The Balaban J connectivity index is 2.20. The lowest BCUT2D eigenvalue weighted by Gasteiger charge is -2.14. The van der Waals surface area contributed by atoms with Gasteiger partial charge in [0.25, 0.3) is 0 Å². The topological polar surface area (TPSA) is 34.1 Å². The Morgan fingerprint density at radius 1 is 1.05 bits per heavy atom. The monoisotopic (exact) mass is 284 g/mol. The van der Waals surface area contributed by atoms with Crippen LogP contribution in [0.1, 0.15) is 36.2 Å². The molecule has 2 rings (SSSR count). The van der Waals surface area contributed by atoms with Gasteiger partial charge in [0.05, 0.1) is 5.69 Å². The lowest BCUT2D eigenvalue weighted by atomic mass is 10.1. The van der Waals surface area contributed by atoms with Gasteiger partial charge in [-0.25, -0.2) is 4.98 Å². The predicted molar refractivity (Wildman–Crippen MR) is 86.9 cm³/mol. The molecule has 21 heavy (non-hydrogen) atoms. The van der Waals surface area contributed by atoms with E-state index in [0.29, 0.717) is 11.9 Å². The summed E-state index contributed by atoms with van der Waals surface area (Å²) in [4.78, 5) is 4.57. The molecule has 0 aliphatic carbocycles. The van der Waals surface area contributed by atoms with Gasteiger partial charge in [-0.15, -0.1) is 0 Å². The van der Waals surface area contributed by atoms with Crippen molar-refractivity contribution in [1.82, 2.24) is 10.3 Å². The van der Waals surface area contributed by atoms with Gasteiger partial charge in [0, 0.05) is 18.7 Å². The molecular weight excluding hydrogens is 260 g/mol. The van der Waals surface area contributed by atoms with Crippen LogP contribution in [0.25, 0.3) is 0 Å². The summed E-state index contributed by atoms with van der Waals surface area (Å²) in [6, 6.07) is 10.5. The Hall–Kier alpha value is -1.87. The minimum Gasteiger partial charge on any atom is -0.438 e. The van der Waals surface area contributed by atoms with Crippen LogP contribution < -0.4 is 10.1 Å². The molecule has 0 bridgehead atoms. The summed E-state index contributed by atoms with van der Waals surface area (Å²) in [7, 11) is 0. The minimum atomic E-state index is 0.442. The van der Waals surface area contributed by atoms with Crippen molar-refractivity contribution in [3.05, 3.63) is 52.7 Å². The van der Waals surface area contributed by atoms with Gasteiger partial charge in [-0.2, -0.15) is 0 Å². The summed E-state index contributed by atoms with van der Waals surface area (Å²) in [5, 5.41) is 3.37. The first-order valence-corrected chi connectivity index (χ1v) is 7.41. The highest BCUT2D eigenvalue weighted by Crippen LogP contribution is 2.29. The van der Waals surface area contributed by atoms with Gasteiger partial charge < -0.3 is 10.1 Å². The maximum Gasteiger partial charge on any atom is 0.219 e. The molecule has 3 nitrogen and oxygen atoms in total. The molecule has 0 aliphatic rings. The number of benzene rings is 1. The second kappa shape index (κ2) is 6.72. The number of nitrogens with zero attached hydrogens (tertiary/aromatic N) is 1. The van der Waals surface area contributed by atoms with Crippen molar-refractivity contribution in [2.75, 3.05) is 0 Å². The number of hydrogen-bond acceptors (Lipinski definition) is 3. The molecule has 0 spiro atoms. The molecule has 0 unspecified atom stereocenters. The zero-order chi connectivity index (χ0) is 15.4. The van der Waals surface area contributed by atoms with E-state index in [9.17, 15) is 0 Å². The molecule has 0 amide bonds. The highest BCUT2D eigenvalue weighted by Gasteiger charge is 2.09. The second-order valence-electron chi connectivity index (χ2n) is 5.76. The van der Waals surface area contributed by atoms with Gasteiger partial charge in [0.1, 0.15) is 5.75 Å². The van der Waals surface area contributed by atoms with Crippen LogP contribution in [0.2, 0.25) is 0 Å². The first kappa shape index (κ1) is 15.5. The van der Waals surface area contributed by atoms with Gasteiger partial charge in [0.15, 0.2) is 0 Å². The Labute approximate surface area is 127 Å². The zero-order valence-corrected chi connectivity index (χ0v) is 13.5. The Morgan fingerprint density at radius 2 is 1.76 bits per heavy atom. The summed E-state index contributed by atoms with van der Waals surface area (Å²) in [6.07, 6.45) is 0. The Morgan fingerprint density at radius 3 is 2.48 bits per heavy atom. The van der Waals surface area contributed by atoms with Crippen molar-refractivity contribution < 1.29 is 4.74 Å². The third-order valence-electron chi connectivity index (χ3n) is 3.55. The van der Waals surface area contributed by atoms with Crippen molar-refractivity contribution in [2.45, 2.75) is 47.2 Å². The Bertz CT molecular complexity index is 621. The Kier molecular flexibility index (Phi) is 4.97. The van der Waals surface area contributed by atoms with Crippen molar-refractivity contribution in [3.8, 4) is 11.6 Å². The molecule has 1 heterocycles. The lowest BCUT2D eigenvalue weighted by Crippen LogP contribution is -2.22. The molecule has 1 aromatic heterocycles. The van der Waals surface area contributed by atoms with Crippen LogP contribution in [-0.2, 0) is 6.54 Å². The first-order valence-electron chi connectivity index (χ1n) is 7.41. The highest BCUT2D eigenvalue weighted by atomic mass is 16.5. The molecule has 2 aromatic rings. The number of rotatable bonds is 5. The van der Waals surface area contributed by atoms with Gasteiger partial charge >= 0.3 is 0 Å². The summed E-state index contributed by atoms with van der Waals surface area (Å²) >= 11 is 0. The largest absolute Gasteiger partial charge is 0.438 e. The van der Waals surface area contributed by atoms with Gasteiger partial charge in [0.2, 0.25) is 5.88 Å². The van der Waals surface area contributed by atoms with E-state index in [1.807, 2.05) is 18.2 Å². The standard InChI is InChI=1S/C18H24N2O/c1-12(2)19-11-16-7-6-8-17(20-16)21-18-14(4)10-9-13(3)15(18)5/h6-10,12,19H,11H2,1-5H3. The average Bonchev–Trinajstić information content (AvgIpc) is 2.46. The van der Waals surface area contributed by atoms with Crippen LogP contribution in [0.15, 0.2) is 30.3 Å². The smallest absolute Gasteiger partial charge is 0.219 e. The molecule has 1 aromatic carbocycles. The summed E-state index contributed by atoms with van der Waals surface area (Å²) in [6.45, 7) is 11.2. The van der Waals surface area contributed by atoms with E-state index < -0.39 is 0 Å². The summed E-state index contributed by atoms with van der Waals surface area (Å²) in [5.41, 5.74) is 4.52. The minimum absolute atomic E-state index is 0.442. The van der Waals surface area contributed by atoms with Crippen molar-refractivity contribution in [1.29, 1.82) is 0 Å². The summed E-state index contributed by atoms with van der Waals surface area (Å²) < 4.78 is 6.03. The van der Waals surface area contributed by atoms with Crippen LogP contribution in [0.3, 0.4) is 0 Å². The quantitative estimate of drug-likeness (QED) is 0.889. The fraction of sp³-hybridized carbons (Fsp3) is 0.389. The van der Waals surface area contributed by atoms with Crippen molar-refractivity contribution in [3.63, 3.8) is 0 Å². The van der Waals surface area contributed by atoms with E-state index in [4.69, 9.17) is 4.74 Å². The van der Waals surface area contributed by atoms with Crippen molar-refractivity contribution in [2.24, 2.45) is 0 Å². The van der Waals surface area contributed by atoms with E-state index in [0.717, 1.165) is 23.6 Å². The highest BCUT2D eigenvalue weighted by molar-refractivity contribution is 5.46. The van der Waals surface area contributed by atoms with Crippen LogP contribution in [0.5, 0.6) is 11.6 Å². The SMILES string of the molecule is Cc1ccc(C)c(Oc2cccc(CNC(C)C)n2)c1C. The fourth-order valence-electron chi connectivity index (χ4n) is 2.11. The molecule has 0 atom stereocenters. The third-order valence-corrected chi connectivity index (χ3v) is 3.55. The molecule has 0 saturated carbocycles. The average molecular weight is 284 g/mol. The number of hydrogen-bond donors (Lipinski definition) is 1. The molecular formula is C18H24N2O. The van der Waals surface area contributed by atoms with Crippen LogP contribution in [0.4, 0.5) is 0 Å². The molecule has 3 heteroatoms. The maximum atomic E-state index is 6.03. The number of nitrogens with one attached hydrogen (secondary N) is 1. The zero-order valence-electron chi connectivity index (χ0n) is 13.5. The maximum absolute atomic E-state index is 6.03.